The zero-order chi connectivity index (χ0) is 17.4. The molecule has 2 aromatic rings. The summed E-state index contributed by atoms with van der Waals surface area (Å²) in [6, 6.07) is 17.5. The van der Waals surface area contributed by atoms with Crippen LogP contribution in [0, 0.1) is 0 Å². The molecule has 2 atom stereocenters. The number of hydrogen-bond acceptors (Lipinski definition) is 4. The second kappa shape index (κ2) is 9.11. The minimum absolute atomic E-state index is 0.176. The van der Waals surface area contributed by atoms with Gasteiger partial charge in [-0.05, 0) is 44.8 Å². The molecule has 0 saturated heterocycles. The van der Waals surface area contributed by atoms with Crippen LogP contribution >= 0.6 is 25.3 Å². The lowest BCUT2D eigenvalue weighted by Gasteiger charge is -2.20. The van der Waals surface area contributed by atoms with Crippen molar-refractivity contribution < 1.29 is 18.6 Å². The molecule has 128 valence electrons. The summed E-state index contributed by atoms with van der Waals surface area (Å²) in [4.78, 5) is 12.1. The van der Waals surface area contributed by atoms with Crippen LogP contribution < -0.4 is 9.61 Å². The number of benzene rings is 2. The van der Waals surface area contributed by atoms with Gasteiger partial charge in [-0.15, -0.1) is 0 Å². The van der Waals surface area contributed by atoms with Crippen LogP contribution in [0.1, 0.15) is 12.5 Å². The summed E-state index contributed by atoms with van der Waals surface area (Å²) in [7, 11) is 0. The Morgan fingerprint density at radius 2 is 1.75 bits per heavy atom. The van der Waals surface area contributed by atoms with E-state index in [0.717, 1.165) is 5.56 Å². The van der Waals surface area contributed by atoms with Gasteiger partial charge in [0.25, 0.3) is 0 Å². The predicted molar refractivity (Wildman–Crippen MR) is 105 cm³/mol. The monoisotopic (exact) mass is 459 g/mol. The number of carbonyl (C=O) groups is 1. The van der Waals surface area contributed by atoms with Crippen molar-refractivity contribution in [2.45, 2.75) is 19.6 Å². The van der Waals surface area contributed by atoms with Crippen LogP contribution in [-0.2, 0) is 20.7 Å². The maximum Gasteiger partial charge on any atom is 0.368 e. The summed E-state index contributed by atoms with van der Waals surface area (Å²) in [5.41, 5.74) is 0.895. The van der Waals surface area contributed by atoms with E-state index in [-0.39, 0.29) is 6.61 Å². The van der Waals surface area contributed by atoms with Crippen molar-refractivity contribution in [3.05, 3.63) is 66.2 Å². The van der Waals surface area contributed by atoms with Crippen LogP contribution in [0.2, 0.25) is 0 Å². The number of halogens is 1. The SMILES string of the molecule is C=I[P@](=O)(N[C@@H](C)C(=O)OCc1ccccc1)Oc1ccccc1. The Morgan fingerprint density at radius 3 is 2.33 bits per heavy atom. The first-order valence-corrected chi connectivity index (χ1v) is 13.2. The molecule has 0 radical (unpaired) electrons. The number of esters is 1. The third-order valence-corrected chi connectivity index (χ3v) is 8.63. The van der Waals surface area contributed by atoms with Crippen LogP contribution in [0.5, 0.6) is 5.75 Å². The number of carbonyl (C=O) groups excluding carboxylic acids is 1. The number of hydrogen-bond donors (Lipinski definition) is 1. The van der Waals surface area contributed by atoms with Gasteiger partial charge in [0.15, 0.2) is 0 Å². The number of para-hydroxylation sites is 1. The highest BCUT2D eigenvalue weighted by Crippen LogP contribution is 2.55. The fraction of sp³-hybridized carbons (Fsp3) is 0.176. The Labute approximate surface area is 151 Å². The van der Waals surface area contributed by atoms with E-state index < -0.39 is 37.4 Å². The lowest BCUT2D eigenvalue weighted by atomic mass is 10.2. The van der Waals surface area contributed by atoms with E-state index in [4.69, 9.17) is 9.26 Å². The second-order valence-electron chi connectivity index (χ2n) is 4.95. The Balaban J connectivity index is 1.93. The van der Waals surface area contributed by atoms with E-state index in [0.29, 0.717) is 5.75 Å². The highest BCUT2D eigenvalue weighted by molar-refractivity contribution is 14.2. The lowest BCUT2D eigenvalue weighted by molar-refractivity contribution is -0.146. The molecule has 0 bridgehead atoms. The summed E-state index contributed by atoms with van der Waals surface area (Å²) >= 11 is -1.02. The molecule has 2 aromatic carbocycles. The smallest absolute Gasteiger partial charge is 0.368 e. The van der Waals surface area contributed by atoms with Crippen molar-refractivity contribution in [3.63, 3.8) is 0 Å². The highest BCUT2D eigenvalue weighted by Gasteiger charge is 2.28. The van der Waals surface area contributed by atoms with Crippen LogP contribution in [0.15, 0.2) is 60.7 Å². The van der Waals surface area contributed by atoms with Gasteiger partial charge < -0.3 is 9.26 Å². The topological polar surface area (TPSA) is 64.6 Å². The van der Waals surface area contributed by atoms with Crippen LogP contribution in [0.3, 0.4) is 0 Å². The van der Waals surface area contributed by atoms with Gasteiger partial charge in [-0.3, -0.25) is 4.79 Å². The number of rotatable bonds is 8. The molecule has 24 heavy (non-hydrogen) atoms. The molecule has 0 aliphatic heterocycles. The maximum absolute atomic E-state index is 12.8. The zero-order valence-corrected chi connectivity index (χ0v) is 16.3. The normalized spacial score (nSPS) is 14.4. The van der Waals surface area contributed by atoms with E-state index in [9.17, 15) is 9.36 Å². The van der Waals surface area contributed by atoms with Crippen molar-refractivity contribution >= 4 is 35.8 Å². The summed E-state index contributed by atoms with van der Waals surface area (Å²) in [6.07, 6.45) is 0. The van der Waals surface area contributed by atoms with Gasteiger partial charge in [-0.1, -0.05) is 53.0 Å². The van der Waals surface area contributed by atoms with E-state index in [1.54, 1.807) is 31.2 Å². The first kappa shape index (κ1) is 18.8. The summed E-state index contributed by atoms with van der Waals surface area (Å²) < 4.78 is 27.4. The molecule has 0 heterocycles. The molecule has 0 aliphatic rings. The molecule has 5 nitrogen and oxygen atoms in total. The Bertz CT molecular complexity index is 724. The van der Waals surface area contributed by atoms with Crippen LogP contribution in [0.25, 0.3) is 0 Å². The second-order valence-corrected chi connectivity index (χ2v) is 12.4. The first-order valence-electron chi connectivity index (χ1n) is 7.26. The fourth-order valence-electron chi connectivity index (χ4n) is 1.84. The average Bonchev–Trinajstić information content (AvgIpc) is 2.61. The molecular weight excluding hydrogens is 440 g/mol. The molecule has 0 unspecified atom stereocenters. The third kappa shape index (κ3) is 5.85. The summed E-state index contributed by atoms with van der Waals surface area (Å²) in [6.45, 7) is 1.78. The molecule has 2 rings (SSSR count). The van der Waals surface area contributed by atoms with Crippen LogP contribution in [-0.4, -0.2) is 16.5 Å². The van der Waals surface area contributed by atoms with Crippen LogP contribution in [0.4, 0.5) is 0 Å². The quantitative estimate of drug-likeness (QED) is 0.363. The standard InChI is InChI=1S/C17H19INO4P/c1-14(17(20)22-13-15-9-5-3-6-10-15)19-24(21,18-2)23-16-11-7-4-8-12-16/h3-12,14H,2,13H2,1H3,(H,19,21)/t14-,24+/m0/s1. The van der Waals surface area contributed by atoms with Gasteiger partial charge in [0.05, 0.1) is 0 Å². The predicted octanol–water partition coefficient (Wildman–Crippen LogP) is 4.30. The van der Waals surface area contributed by atoms with Crippen molar-refractivity contribution in [1.29, 1.82) is 0 Å². The van der Waals surface area contributed by atoms with Gasteiger partial charge >= 0.3 is 11.1 Å². The molecule has 0 saturated carbocycles. The van der Waals surface area contributed by atoms with Gasteiger partial charge in [0.1, 0.15) is 18.4 Å². The van der Waals surface area contributed by atoms with Crippen molar-refractivity contribution in [2.24, 2.45) is 0 Å². The van der Waals surface area contributed by atoms with E-state index in [1.807, 2.05) is 36.4 Å². The molecule has 0 spiro atoms. The maximum atomic E-state index is 12.8. The highest BCUT2D eigenvalue weighted by atomic mass is 127. The molecular formula is C17H19INO4P. The van der Waals surface area contributed by atoms with Gasteiger partial charge in [-0.25, -0.2) is 9.65 Å². The first-order chi connectivity index (χ1) is 11.5. The molecule has 0 amide bonds. The minimum Gasteiger partial charge on any atom is -0.460 e. The largest absolute Gasteiger partial charge is 0.460 e. The Morgan fingerprint density at radius 1 is 1.17 bits per heavy atom. The van der Waals surface area contributed by atoms with Gasteiger partial charge in [-0.2, -0.15) is 0 Å². The van der Waals surface area contributed by atoms with E-state index in [1.165, 1.54) is 0 Å². The van der Waals surface area contributed by atoms with Crippen molar-refractivity contribution in [2.75, 3.05) is 0 Å². The van der Waals surface area contributed by atoms with Crippen molar-refractivity contribution in [3.8, 4) is 5.75 Å². The van der Waals surface area contributed by atoms with E-state index in [2.05, 4.69) is 9.60 Å². The Kier molecular flexibility index (Phi) is 7.15. The Hall–Kier alpha value is -1.50. The van der Waals surface area contributed by atoms with Crippen molar-refractivity contribution in [1.82, 2.24) is 5.09 Å². The zero-order valence-electron chi connectivity index (χ0n) is 13.2. The fourth-order valence-corrected chi connectivity index (χ4v) is 5.92. The molecule has 0 aliphatic carbocycles. The lowest BCUT2D eigenvalue weighted by Crippen LogP contribution is -2.33. The third-order valence-electron chi connectivity index (χ3n) is 3.05. The molecule has 0 fully saturated rings. The van der Waals surface area contributed by atoms with Gasteiger partial charge in [0.2, 0.25) is 0 Å². The van der Waals surface area contributed by atoms with Gasteiger partial charge in [0, 0.05) is 0 Å². The number of nitrogens with one attached hydrogen (secondary N) is 1. The minimum atomic E-state index is -3.18. The van der Waals surface area contributed by atoms with E-state index >= 15 is 0 Å². The molecule has 1 N–H and O–H groups in total. The summed E-state index contributed by atoms with van der Waals surface area (Å²) in [5, 5.41) is -0.407. The average molecular weight is 459 g/mol. The molecule has 7 heteroatoms. The molecule has 0 aromatic heterocycles. The summed E-state index contributed by atoms with van der Waals surface area (Å²) in [5.74, 6) is 0.00901. The number of ether oxygens (including phenoxy) is 1.